The smallest absolute Gasteiger partial charge is 0.244 e. The van der Waals surface area contributed by atoms with Crippen LogP contribution in [0.1, 0.15) is 49.0 Å². The van der Waals surface area contributed by atoms with E-state index in [-0.39, 0.29) is 5.91 Å². The van der Waals surface area contributed by atoms with Gasteiger partial charge in [-0.3, -0.25) is 9.48 Å². The molecule has 2 aromatic heterocycles. The zero-order valence-electron chi connectivity index (χ0n) is 15.8. The van der Waals surface area contributed by atoms with Crippen LogP contribution >= 0.6 is 0 Å². The molecule has 1 unspecified atom stereocenters. The van der Waals surface area contributed by atoms with Crippen molar-refractivity contribution in [1.29, 1.82) is 0 Å². The Morgan fingerprint density at radius 1 is 1.30 bits per heavy atom. The van der Waals surface area contributed by atoms with Crippen LogP contribution in [-0.4, -0.2) is 57.0 Å². The highest BCUT2D eigenvalue weighted by Crippen LogP contribution is 2.26. The summed E-state index contributed by atoms with van der Waals surface area (Å²) in [6, 6.07) is 1.92. The highest BCUT2D eigenvalue weighted by Gasteiger charge is 2.27. The molecule has 146 valence electrons. The summed E-state index contributed by atoms with van der Waals surface area (Å²) < 4.78 is 12.6. The van der Waals surface area contributed by atoms with Crippen LogP contribution < -0.4 is 0 Å². The lowest BCUT2D eigenvalue weighted by molar-refractivity contribution is -0.131. The van der Waals surface area contributed by atoms with Crippen molar-refractivity contribution in [2.24, 2.45) is 5.92 Å². The molecule has 8 heteroatoms. The molecule has 0 bridgehead atoms. The highest BCUT2D eigenvalue weighted by atomic mass is 16.5. The Morgan fingerprint density at radius 3 is 2.93 bits per heavy atom. The van der Waals surface area contributed by atoms with Crippen molar-refractivity contribution in [2.45, 2.75) is 51.5 Å². The number of hydrogen-bond donors (Lipinski definition) is 0. The second-order valence-corrected chi connectivity index (χ2v) is 7.62. The molecule has 2 saturated heterocycles. The minimum atomic E-state index is 0.141. The average Bonchev–Trinajstić information content (AvgIpc) is 3.42. The van der Waals surface area contributed by atoms with Gasteiger partial charge in [0.2, 0.25) is 11.8 Å². The molecule has 0 saturated carbocycles. The van der Waals surface area contributed by atoms with E-state index in [0.29, 0.717) is 18.4 Å². The number of amides is 1. The molecule has 8 nitrogen and oxygen atoms in total. The maximum Gasteiger partial charge on any atom is 0.244 e. The van der Waals surface area contributed by atoms with Gasteiger partial charge in [0.15, 0.2) is 5.82 Å². The van der Waals surface area contributed by atoms with Crippen LogP contribution in [0.15, 0.2) is 16.8 Å². The number of nitrogens with zero attached hydrogens (tertiary/aromatic N) is 5. The molecule has 4 rings (SSSR count). The molecule has 2 aliphatic rings. The first-order valence-electron chi connectivity index (χ1n) is 9.85. The van der Waals surface area contributed by atoms with E-state index in [2.05, 4.69) is 15.2 Å². The van der Waals surface area contributed by atoms with E-state index < -0.39 is 0 Å². The topological polar surface area (TPSA) is 86.3 Å². The monoisotopic (exact) mass is 373 g/mol. The van der Waals surface area contributed by atoms with E-state index >= 15 is 0 Å². The van der Waals surface area contributed by atoms with Crippen LogP contribution in [0.2, 0.25) is 0 Å². The molecule has 4 heterocycles. The van der Waals surface area contributed by atoms with Gasteiger partial charge in [-0.1, -0.05) is 5.16 Å². The molecule has 2 aromatic rings. The van der Waals surface area contributed by atoms with Gasteiger partial charge in [-0.15, -0.1) is 0 Å². The van der Waals surface area contributed by atoms with Crippen molar-refractivity contribution < 1.29 is 14.1 Å². The van der Waals surface area contributed by atoms with Crippen LogP contribution in [0.4, 0.5) is 0 Å². The number of hydrogen-bond acceptors (Lipinski definition) is 6. The second-order valence-electron chi connectivity index (χ2n) is 7.62. The zero-order valence-corrected chi connectivity index (χ0v) is 15.8. The van der Waals surface area contributed by atoms with Gasteiger partial charge in [-0.2, -0.15) is 10.1 Å². The predicted molar refractivity (Wildman–Crippen MR) is 97.1 cm³/mol. The van der Waals surface area contributed by atoms with Gasteiger partial charge in [0, 0.05) is 44.8 Å². The van der Waals surface area contributed by atoms with E-state index in [1.54, 1.807) is 4.68 Å². The Morgan fingerprint density at radius 2 is 2.15 bits per heavy atom. The van der Waals surface area contributed by atoms with Gasteiger partial charge in [0.25, 0.3) is 0 Å². The van der Waals surface area contributed by atoms with Gasteiger partial charge in [0.05, 0.1) is 5.69 Å². The van der Waals surface area contributed by atoms with Gasteiger partial charge >= 0.3 is 0 Å². The third kappa shape index (κ3) is 4.55. The van der Waals surface area contributed by atoms with E-state index in [1.807, 2.05) is 24.1 Å². The summed E-state index contributed by atoms with van der Waals surface area (Å²) in [7, 11) is 0. The Kier molecular flexibility index (Phi) is 5.52. The van der Waals surface area contributed by atoms with Crippen molar-refractivity contribution in [3.63, 3.8) is 0 Å². The Bertz CT molecular complexity index is 765. The number of carbonyl (C=O) groups excluding carboxylic acids is 1. The fraction of sp³-hybridized carbons (Fsp3) is 0.684. The van der Waals surface area contributed by atoms with Crippen LogP contribution in [0, 0.1) is 12.8 Å². The summed E-state index contributed by atoms with van der Waals surface area (Å²) in [4.78, 5) is 19.0. The quantitative estimate of drug-likeness (QED) is 0.769. The fourth-order valence-electron chi connectivity index (χ4n) is 3.90. The molecule has 2 fully saturated rings. The normalized spacial score (nSPS) is 21.1. The van der Waals surface area contributed by atoms with Crippen molar-refractivity contribution in [2.75, 3.05) is 26.3 Å². The Labute approximate surface area is 158 Å². The lowest BCUT2D eigenvalue weighted by Crippen LogP contribution is -2.32. The van der Waals surface area contributed by atoms with Gasteiger partial charge in [-0.05, 0) is 44.6 Å². The molecular weight excluding hydrogens is 346 g/mol. The molecule has 0 aliphatic carbocycles. The average molecular weight is 373 g/mol. The van der Waals surface area contributed by atoms with Crippen LogP contribution in [0.3, 0.4) is 0 Å². The van der Waals surface area contributed by atoms with Gasteiger partial charge in [0.1, 0.15) is 6.54 Å². The summed E-state index contributed by atoms with van der Waals surface area (Å²) in [5.74, 6) is 2.52. The summed E-state index contributed by atoms with van der Waals surface area (Å²) in [5, 5.41) is 8.44. The first-order valence-corrected chi connectivity index (χ1v) is 9.85. The molecule has 27 heavy (non-hydrogen) atoms. The first-order chi connectivity index (χ1) is 13.2. The molecule has 0 N–H and O–H groups in total. The van der Waals surface area contributed by atoms with Crippen LogP contribution in [0.5, 0.6) is 0 Å². The number of aromatic nitrogens is 4. The van der Waals surface area contributed by atoms with E-state index in [4.69, 9.17) is 9.26 Å². The number of carbonyl (C=O) groups is 1. The summed E-state index contributed by atoms with van der Waals surface area (Å²) >= 11 is 0. The van der Waals surface area contributed by atoms with Crippen LogP contribution in [-0.2, 0) is 22.5 Å². The van der Waals surface area contributed by atoms with Crippen molar-refractivity contribution in [3.8, 4) is 0 Å². The molecule has 0 aromatic carbocycles. The lowest BCUT2D eigenvalue weighted by atomic mass is 10.0. The van der Waals surface area contributed by atoms with E-state index in [0.717, 1.165) is 75.8 Å². The maximum atomic E-state index is 12.4. The highest BCUT2D eigenvalue weighted by molar-refractivity contribution is 5.76. The van der Waals surface area contributed by atoms with Gasteiger partial charge in [-0.25, -0.2) is 0 Å². The SMILES string of the molecule is Cc1ccn(CC(=O)N2CCC(CCc3noc(C4CCOCC4)n3)C2)n1. The fourth-order valence-corrected chi connectivity index (χ4v) is 3.90. The van der Waals surface area contributed by atoms with Crippen LogP contribution in [0.25, 0.3) is 0 Å². The number of likely N-dealkylation sites (tertiary alicyclic amines) is 1. The van der Waals surface area contributed by atoms with E-state index in [9.17, 15) is 4.79 Å². The molecule has 1 amide bonds. The molecule has 1 atom stereocenters. The minimum Gasteiger partial charge on any atom is -0.381 e. The number of aryl methyl sites for hydroxylation is 2. The molecule has 2 aliphatic heterocycles. The third-order valence-electron chi connectivity index (χ3n) is 5.54. The van der Waals surface area contributed by atoms with Crippen molar-refractivity contribution in [3.05, 3.63) is 29.7 Å². The summed E-state index contributed by atoms with van der Waals surface area (Å²) in [6.45, 7) is 5.42. The Balaban J connectivity index is 1.23. The van der Waals surface area contributed by atoms with Crippen molar-refractivity contribution in [1.82, 2.24) is 24.8 Å². The largest absolute Gasteiger partial charge is 0.381 e. The number of rotatable bonds is 6. The zero-order chi connectivity index (χ0) is 18.6. The minimum absolute atomic E-state index is 0.141. The standard InChI is InChI=1S/C19H27N5O3/c1-14-4-9-24(21-14)13-18(25)23-8-5-15(12-23)2-3-17-20-19(27-22-17)16-6-10-26-11-7-16/h4,9,15-16H,2-3,5-8,10-13H2,1H3. The summed E-state index contributed by atoms with van der Waals surface area (Å²) in [6.07, 6.45) is 6.59. The molecule has 0 radical (unpaired) electrons. The predicted octanol–water partition coefficient (Wildman–Crippen LogP) is 1.95. The maximum absolute atomic E-state index is 12.4. The third-order valence-corrected chi connectivity index (χ3v) is 5.54. The molecular formula is C19H27N5O3. The van der Waals surface area contributed by atoms with Gasteiger partial charge < -0.3 is 14.2 Å². The second kappa shape index (κ2) is 8.21. The Hall–Kier alpha value is -2.22. The number of ether oxygens (including phenoxy) is 1. The van der Waals surface area contributed by atoms with Crippen molar-refractivity contribution >= 4 is 5.91 Å². The first kappa shape index (κ1) is 18.2. The molecule has 0 spiro atoms. The summed E-state index contributed by atoms with van der Waals surface area (Å²) in [5.41, 5.74) is 0.933. The van der Waals surface area contributed by atoms with E-state index in [1.165, 1.54) is 0 Å². The lowest BCUT2D eigenvalue weighted by Gasteiger charge is -2.18.